The lowest BCUT2D eigenvalue weighted by Gasteiger charge is -2.20. The van der Waals surface area contributed by atoms with Gasteiger partial charge in [0.1, 0.15) is 5.75 Å². The third-order valence-electron chi connectivity index (χ3n) is 3.61. The van der Waals surface area contributed by atoms with E-state index in [2.05, 4.69) is 10.6 Å². The monoisotopic (exact) mass is 379 g/mol. The molecule has 0 aliphatic carbocycles. The Morgan fingerprint density at radius 2 is 2.04 bits per heavy atom. The largest absolute Gasteiger partial charge is 0.496 e. The van der Waals surface area contributed by atoms with E-state index >= 15 is 0 Å². The van der Waals surface area contributed by atoms with Gasteiger partial charge in [0.05, 0.1) is 28.8 Å². The van der Waals surface area contributed by atoms with E-state index in [-0.39, 0.29) is 11.7 Å². The Morgan fingerprint density at radius 3 is 2.68 bits per heavy atom. The van der Waals surface area contributed by atoms with Crippen LogP contribution in [0.3, 0.4) is 0 Å². The number of thiocarbonyl (C=S) groups is 1. The second-order valence-electron chi connectivity index (χ2n) is 5.49. The fourth-order valence-electron chi connectivity index (χ4n) is 2.35. The standard InChI is InChI=1S/C17H18ClN3O3S/c1-10-4-7-16(24-3)13(8-10)11(2)19-17(25)20-15-9-12(21(22)23)5-6-14(15)18/h4-9,11H,1-3H3,(H2,19,20,25)/t11-/m1/s1. The van der Waals surface area contributed by atoms with Gasteiger partial charge in [0, 0.05) is 17.7 Å². The van der Waals surface area contributed by atoms with E-state index in [1.54, 1.807) is 7.11 Å². The maximum atomic E-state index is 10.9. The number of nitro groups is 1. The van der Waals surface area contributed by atoms with Gasteiger partial charge < -0.3 is 15.4 Å². The summed E-state index contributed by atoms with van der Waals surface area (Å²) in [7, 11) is 1.61. The number of aryl methyl sites for hydroxylation is 1. The third-order valence-corrected chi connectivity index (χ3v) is 4.16. The van der Waals surface area contributed by atoms with Crippen molar-refractivity contribution < 1.29 is 9.66 Å². The molecular formula is C17H18ClN3O3S. The summed E-state index contributed by atoms with van der Waals surface area (Å²) in [5, 5.41) is 17.6. The van der Waals surface area contributed by atoms with Gasteiger partial charge in [-0.15, -0.1) is 0 Å². The highest BCUT2D eigenvalue weighted by atomic mass is 35.5. The molecule has 25 heavy (non-hydrogen) atoms. The lowest BCUT2D eigenvalue weighted by Crippen LogP contribution is -2.31. The molecule has 0 bridgehead atoms. The minimum absolute atomic E-state index is 0.0666. The highest BCUT2D eigenvalue weighted by molar-refractivity contribution is 7.80. The molecule has 132 valence electrons. The number of hydrogen-bond acceptors (Lipinski definition) is 4. The topological polar surface area (TPSA) is 76.4 Å². The van der Waals surface area contributed by atoms with Crippen LogP contribution in [-0.4, -0.2) is 17.1 Å². The van der Waals surface area contributed by atoms with Gasteiger partial charge in [-0.1, -0.05) is 29.3 Å². The molecule has 0 saturated carbocycles. The van der Waals surface area contributed by atoms with E-state index in [0.29, 0.717) is 15.8 Å². The van der Waals surface area contributed by atoms with Crippen LogP contribution in [0.15, 0.2) is 36.4 Å². The normalized spacial score (nSPS) is 11.5. The van der Waals surface area contributed by atoms with Crippen LogP contribution < -0.4 is 15.4 Å². The average molecular weight is 380 g/mol. The van der Waals surface area contributed by atoms with E-state index in [4.69, 9.17) is 28.6 Å². The number of non-ortho nitro benzene ring substituents is 1. The molecule has 0 unspecified atom stereocenters. The summed E-state index contributed by atoms with van der Waals surface area (Å²) in [5.74, 6) is 0.752. The summed E-state index contributed by atoms with van der Waals surface area (Å²) in [6, 6.07) is 9.88. The van der Waals surface area contributed by atoms with Gasteiger partial charge >= 0.3 is 0 Å². The molecule has 0 fully saturated rings. The lowest BCUT2D eigenvalue weighted by atomic mass is 10.0. The highest BCUT2D eigenvalue weighted by Gasteiger charge is 2.15. The number of ether oxygens (including phenoxy) is 1. The third kappa shape index (κ3) is 4.80. The van der Waals surface area contributed by atoms with Crippen LogP contribution in [0.4, 0.5) is 11.4 Å². The molecule has 6 nitrogen and oxygen atoms in total. The summed E-state index contributed by atoms with van der Waals surface area (Å²) < 4.78 is 5.38. The van der Waals surface area contributed by atoms with Gasteiger partial charge in [0.25, 0.3) is 5.69 Å². The van der Waals surface area contributed by atoms with Gasteiger partial charge in [-0.05, 0) is 38.2 Å². The number of rotatable bonds is 5. The lowest BCUT2D eigenvalue weighted by molar-refractivity contribution is -0.384. The Labute approximate surface area is 156 Å². The molecule has 0 saturated heterocycles. The van der Waals surface area contributed by atoms with Crippen LogP contribution in [0.25, 0.3) is 0 Å². The molecule has 2 aromatic rings. The first kappa shape index (κ1) is 19.0. The van der Waals surface area contributed by atoms with Gasteiger partial charge in [-0.25, -0.2) is 0 Å². The summed E-state index contributed by atoms with van der Waals surface area (Å²) >= 11 is 11.4. The van der Waals surface area contributed by atoms with E-state index in [1.165, 1.54) is 18.2 Å². The Morgan fingerprint density at radius 1 is 1.32 bits per heavy atom. The number of halogens is 1. The molecule has 8 heteroatoms. The van der Waals surface area contributed by atoms with E-state index in [0.717, 1.165) is 16.9 Å². The minimum atomic E-state index is -0.488. The fourth-order valence-corrected chi connectivity index (χ4v) is 2.80. The zero-order valence-corrected chi connectivity index (χ0v) is 15.6. The van der Waals surface area contributed by atoms with Crippen molar-refractivity contribution in [3.63, 3.8) is 0 Å². The molecular weight excluding hydrogens is 362 g/mol. The number of nitro benzene ring substituents is 1. The van der Waals surface area contributed by atoms with Crippen molar-refractivity contribution in [2.75, 3.05) is 12.4 Å². The molecule has 0 aromatic heterocycles. The molecule has 2 aromatic carbocycles. The maximum Gasteiger partial charge on any atom is 0.271 e. The molecule has 1 atom stereocenters. The van der Waals surface area contributed by atoms with Crippen LogP contribution in [0.5, 0.6) is 5.75 Å². The van der Waals surface area contributed by atoms with Crippen molar-refractivity contribution in [1.29, 1.82) is 0 Å². The molecule has 0 spiro atoms. The summed E-state index contributed by atoms with van der Waals surface area (Å²) in [4.78, 5) is 10.4. The molecule has 0 heterocycles. The SMILES string of the molecule is COc1ccc(C)cc1[C@@H](C)NC(=S)Nc1cc([N+](=O)[O-])ccc1Cl. The van der Waals surface area contributed by atoms with E-state index in [9.17, 15) is 10.1 Å². The molecule has 0 aliphatic rings. The number of nitrogens with one attached hydrogen (secondary N) is 2. The number of anilines is 1. The summed E-state index contributed by atoms with van der Waals surface area (Å²) in [5.41, 5.74) is 2.36. The van der Waals surface area contributed by atoms with Crippen molar-refractivity contribution in [2.45, 2.75) is 19.9 Å². The summed E-state index contributed by atoms with van der Waals surface area (Å²) in [6.07, 6.45) is 0. The first-order valence-corrected chi connectivity index (χ1v) is 8.26. The van der Waals surface area contributed by atoms with Crippen molar-refractivity contribution in [1.82, 2.24) is 5.32 Å². The molecule has 2 rings (SSSR count). The Hall–Kier alpha value is -2.38. The first-order chi connectivity index (χ1) is 11.8. The van der Waals surface area contributed by atoms with Gasteiger partial charge in [-0.2, -0.15) is 0 Å². The van der Waals surface area contributed by atoms with Crippen LogP contribution in [-0.2, 0) is 0 Å². The fraction of sp³-hybridized carbons (Fsp3) is 0.235. The van der Waals surface area contributed by atoms with E-state index in [1.807, 2.05) is 32.0 Å². The van der Waals surface area contributed by atoms with Crippen molar-refractivity contribution >= 4 is 40.3 Å². The van der Waals surface area contributed by atoms with Gasteiger partial charge in [0.2, 0.25) is 0 Å². The van der Waals surface area contributed by atoms with Gasteiger partial charge in [0.15, 0.2) is 5.11 Å². The Kier molecular flexibility index (Phi) is 6.17. The Bertz CT molecular complexity index is 814. The second kappa shape index (κ2) is 8.13. The predicted octanol–water partition coefficient (Wildman–Crippen LogP) is 4.61. The number of hydrogen-bond donors (Lipinski definition) is 2. The molecule has 0 radical (unpaired) electrons. The molecule has 0 aliphatic heterocycles. The number of nitrogens with zero attached hydrogens (tertiary/aromatic N) is 1. The van der Waals surface area contributed by atoms with Gasteiger partial charge in [-0.3, -0.25) is 10.1 Å². The maximum absolute atomic E-state index is 10.9. The van der Waals surface area contributed by atoms with Crippen LogP contribution in [0.1, 0.15) is 24.1 Å². The first-order valence-electron chi connectivity index (χ1n) is 7.48. The number of benzene rings is 2. The minimum Gasteiger partial charge on any atom is -0.496 e. The van der Waals surface area contributed by atoms with Crippen LogP contribution in [0.2, 0.25) is 5.02 Å². The number of methoxy groups -OCH3 is 1. The smallest absolute Gasteiger partial charge is 0.271 e. The van der Waals surface area contributed by atoms with Crippen molar-refractivity contribution in [2.24, 2.45) is 0 Å². The highest BCUT2D eigenvalue weighted by Crippen LogP contribution is 2.28. The molecule has 0 amide bonds. The van der Waals surface area contributed by atoms with Crippen LogP contribution >= 0.6 is 23.8 Å². The average Bonchev–Trinajstić information content (AvgIpc) is 2.56. The predicted molar refractivity (Wildman–Crippen MR) is 104 cm³/mol. The quantitative estimate of drug-likeness (QED) is 0.448. The molecule has 2 N–H and O–H groups in total. The van der Waals surface area contributed by atoms with Crippen LogP contribution in [0, 0.1) is 17.0 Å². The zero-order chi connectivity index (χ0) is 18.6. The van der Waals surface area contributed by atoms with Crippen molar-refractivity contribution in [3.8, 4) is 5.75 Å². The summed E-state index contributed by atoms with van der Waals surface area (Å²) in [6.45, 7) is 3.94. The zero-order valence-electron chi connectivity index (χ0n) is 14.0. The Balaban J connectivity index is 2.14. The van der Waals surface area contributed by atoms with Crippen molar-refractivity contribution in [3.05, 3.63) is 62.7 Å². The second-order valence-corrected chi connectivity index (χ2v) is 6.30. The van der Waals surface area contributed by atoms with E-state index < -0.39 is 4.92 Å².